The lowest BCUT2D eigenvalue weighted by Gasteiger charge is -2.29. The second-order valence-electron chi connectivity index (χ2n) is 4.94. The molecule has 1 aromatic heterocycles. The van der Waals surface area contributed by atoms with E-state index in [1.54, 1.807) is 32.4 Å². The van der Waals surface area contributed by atoms with Crippen LogP contribution in [0.2, 0.25) is 0 Å². The van der Waals surface area contributed by atoms with Gasteiger partial charge in [0.1, 0.15) is 5.82 Å². The molecule has 2 atom stereocenters. The quantitative estimate of drug-likeness (QED) is 0.759. The largest absolute Gasteiger partial charge is 0.390 e. The molecule has 0 aromatic carbocycles. The Morgan fingerprint density at radius 2 is 2.14 bits per heavy atom. The SMILES string of the molecule is CN(C)C(=O)c1ccc(N[C@@H]2CCNC[C@H]2O)nc1.Cl.Cl. The highest BCUT2D eigenvalue weighted by Gasteiger charge is 2.22. The van der Waals surface area contributed by atoms with E-state index >= 15 is 0 Å². The van der Waals surface area contributed by atoms with Crippen molar-refractivity contribution in [2.45, 2.75) is 18.6 Å². The maximum Gasteiger partial charge on any atom is 0.254 e. The van der Waals surface area contributed by atoms with E-state index in [9.17, 15) is 9.90 Å². The lowest BCUT2D eigenvalue weighted by molar-refractivity contribution is 0.0827. The van der Waals surface area contributed by atoms with Crippen molar-refractivity contribution in [2.75, 3.05) is 32.5 Å². The van der Waals surface area contributed by atoms with Gasteiger partial charge >= 0.3 is 0 Å². The zero-order valence-electron chi connectivity index (χ0n) is 12.1. The number of amides is 1. The summed E-state index contributed by atoms with van der Waals surface area (Å²) in [6.45, 7) is 1.47. The summed E-state index contributed by atoms with van der Waals surface area (Å²) in [5, 5.41) is 16.2. The molecule has 3 N–H and O–H groups in total. The Kier molecular flexibility index (Phi) is 8.58. The number of β-amino-alcohol motifs (C(OH)–C–C–N with tert-alkyl or cyclic N) is 1. The fourth-order valence-corrected chi connectivity index (χ4v) is 2.06. The van der Waals surface area contributed by atoms with E-state index in [1.165, 1.54) is 4.90 Å². The molecule has 2 heterocycles. The number of hydrogen-bond donors (Lipinski definition) is 3. The molecule has 1 saturated heterocycles. The Hall–Kier alpha value is -1.08. The second-order valence-corrected chi connectivity index (χ2v) is 4.94. The van der Waals surface area contributed by atoms with Crippen molar-refractivity contribution >= 4 is 36.5 Å². The van der Waals surface area contributed by atoms with Crippen molar-refractivity contribution in [1.29, 1.82) is 0 Å². The molecule has 6 nitrogen and oxygen atoms in total. The molecule has 1 aliphatic rings. The van der Waals surface area contributed by atoms with Gasteiger partial charge in [-0.15, -0.1) is 24.8 Å². The molecule has 0 radical (unpaired) electrons. The Morgan fingerprint density at radius 1 is 1.43 bits per heavy atom. The van der Waals surface area contributed by atoms with Crippen molar-refractivity contribution in [3.05, 3.63) is 23.9 Å². The van der Waals surface area contributed by atoms with Crippen LogP contribution in [0, 0.1) is 0 Å². The Labute approximate surface area is 137 Å². The van der Waals surface area contributed by atoms with Crippen LogP contribution in [0.5, 0.6) is 0 Å². The third-order valence-electron chi connectivity index (χ3n) is 3.20. The van der Waals surface area contributed by atoms with Gasteiger partial charge in [0.15, 0.2) is 0 Å². The molecule has 0 aliphatic carbocycles. The number of halogens is 2. The lowest BCUT2D eigenvalue weighted by atomic mass is 10.0. The van der Waals surface area contributed by atoms with Gasteiger partial charge in [-0.2, -0.15) is 0 Å². The van der Waals surface area contributed by atoms with Crippen LogP contribution in [0.1, 0.15) is 16.8 Å². The summed E-state index contributed by atoms with van der Waals surface area (Å²) >= 11 is 0. The Balaban J connectivity index is 0.00000200. The molecule has 1 aliphatic heterocycles. The highest BCUT2D eigenvalue weighted by atomic mass is 35.5. The van der Waals surface area contributed by atoms with E-state index in [-0.39, 0.29) is 36.8 Å². The fourth-order valence-electron chi connectivity index (χ4n) is 2.06. The number of anilines is 1. The van der Waals surface area contributed by atoms with Gasteiger partial charge in [0.2, 0.25) is 0 Å². The van der Waals surface area contributed by atoms with Gasteiger partial charge in [0.05, 0.1) is 17.7 Å². The molecule has 120 valence electrons. The minimum Gasteiger partial charge on any atom is -0.390 e. The van der Waals surface area contributed by atoms with Crippen LogP contribution in [0.25, 0.3) is 0 Å². The second kappa shape index (κ2) is 9.04. The lowest BCUT2D eigenvalue weighted by Crippen LogP contribution is -2.47. The number of aromatic nitrogens is 1. The molecule has 0 spiro atoms. The van der Waals surface area contributed by atoms with E-state index in [2.05, 4.69) is 15.6 Å². The average Bonchev–Trinajstić information content (AvgIpc) is 2.41. The number of nitrogens with zero attached hydrogens (tertiary/aromatic N) is 2. The minimum atomic E-state index is -0.418. The van der Waals surface area contributed by atoms with Crippen LogP contribution in [-0.4, -0.2) is 60.2 Å². The molecular formula is C13H22Cl2N4O2. The van der Waals surface area contributed by atoms with Gasteiger partial charge in [-0.3, -0.25) is 4.79 Å². The van der Waals surface area contributed by atoms with E-state index < -0.39 is 6.10 Å². The highest BCUT2D eigenvalue weighted by Crippen LogP contribution is 2.12. The third kappa shape index (κ3) is 5.32. The van der Waals surface area contributed by atoms with Crippen molar-refractivity contribution in [3.8, 4) is 0 Å². The van der Waals surface area contributed by atoms with E-state index in [1.807, 2.05) is 0 Å². The van der Waals surface area contributed by atoms with Crippen LogP contribution in [0.3, 0.4) is 0 Å². The van der Waals surface area contributed by atoms with E-state index in [4.69, 9.17) is 0 Å². The predicted molar refractivity (Wildman–Crippen MR) is 87.7 cm³/mol. The van der Waals surface area contributed by atoms with Gasteiger partial charge in [-0.25, -0.2) is 4.98 Å². The third-order valence-corrected chi connectivity index (χ3v) is 3.20. The Morgan fingerprint density at radius 3 is 2.67 bits per heavy atom. The number of carbonyl (C=O) groups is 1. The van der Waals surface area contributed by atoms with Crippen molar-refractivity contribution < 1.29 is 9.90 Å². The smallest absolute Gasteiger partial charge is 0.254 e. The fraction of sp³-hybridized carbons (Fsp3) is 0.538. The number of piperidine rings is 1. The summed E-state index contributed by atoms with van der Waals surface area (Å²) < 4.78 is 0. The summed E-state index contributed by atoms with van der Waals surface area (Å²) in [6, 6.07) is 3.51. The molecule has 0 unspecified atom stereocenters. The Bertz CT molecular complexity index is 442. The van der Waals surface area contributed by atoms with Crippen LogP contribution >= 0.6 is 24.8 Å². The van der Waals surface area contributed by atoms with Gasteiger partial charge in [0.25, 0.3) is 5.91 Å². The first kappa shape index (κ1) is 19.9. The van der Waals surface area contributed by atoms with Gasteiger partial charge in [-0.05, 0) is 25.1 Å². The number of rotatable bonds is 3. The molecule has 0 bridgehead atoms. The molecule has 1 aromatic rings. The van der Waals surface area contributed by atoms with Crippen LogP contribution < -0.4 is 10.6 Å². The van der Waals surface area contributed by atoms with Crippen molar-refractivity contribution in [2.24, 2.45) is 0 Å². The minimum absolute atomic E-state index is 0. The van der Waals surface area contributed by atoms with Gasteiger partial charge in [-0.1, -0.05) is 0 Å². The first-order valence-corrected chi connectivity index (χ1v) is 6.41. The predicted octanol–water partition coefficient (Wildman–Crippen LogP) is 0.762. The number of aliphatic hydroxyl groups is 1. The summed E-state index contributed by atoms with van der Waals surface area (Å²) in [5.41, 5.74) is 0.557. The number of aliphatic hydroxyl groups excluding tert-OH is 1. The zero-order valence-corrected chi connectivity index (χ0v) is 13.7. The molecule has 0 saturated carbocycles. The maximum absolute atomic E-state index is 11.7. The van der Waals surface area contributed by atoms with Crippen LogP contribution in [0.4, 0.5) is 5.82 Å². The first-order valence-electron chi connectivity index (χ1n) is 6.41. The summed E-state index contributed by atoms with van der Waals surface area (Å²) in [4.78, 5) is 17.5. The molecule has 8 heteroatoms. The van der Waals surface area contributed by atoms with E-state index in [0.29, 0.717) is 17.9 Å². The monoisotopic (exact) mass is 336 g/mol. The normalized spacial score (nSPS) is 20.7. The topological polar surface area (TPSA) is 77.5 Å². The number of pyridine rings is 1. The van der Waals surface area contributed by atoms with Crippen molar-refractivity contribution in [3.63, 3.8) is 0 Å². The number of nitrogens with one attached hydrogen (secondary N) is 2. The molecule has 21 heavy (non-hydrogen) atoms. The summed E-state index contributed by atoms with van der Waals surface area (Å²) in [6.07, 6.45) is 1.98. The molecule has 1 fully saturated rings. The molecular weight excluding hydrogens is 315 g/mol. The first-order chi connectivity index (χ1) is 9.08. The maximum atomic E-state index is 11.7. The average molecular weight is 337 g/mol. The van der Waals surface area contributed by atoms with E-state index in [0.717, 1.165) is 13.0 Å². The van der Waals surface area contributed by atoms with Crippen molar-refractivity contribution in [1.82, 2.24) is 15.2 Å². The standard InChI is InChI=1S/C13H20N4O2.2ClH/c1-17(2)13(19)9-3-4-12(15-7-9)16-10-5-6-14-8-11(10)18;;/h3-4,7,10-11,14,18H,5-6,8H2,1-2H3,(H,15,16);2*1H/t10-,11-;;/m1../s1. The number of hydrogen-bond acceptors (Lipinski definition) is 5. The molecule has 1 amide bonds. The van der Waals surface area contributed by atoms with Gasteiger partial charge in [0, 0.05) is 26.8 Å². The highest BCUT2D eigenvalue weighted by molar-refractivity contribution is 5.93. The summed E-state index contributed by atoms with van der Waals surface area (Å²) in [5.74, 6) is 0.613. The zero-order chi connectivity index (χ0) is 13.8. The summed E-state index contributed by atoms with van der Waals surface area (Å²) in [7, 11) is 3.42. The van der Waals surface area contributed by atoms with Crippen LogP contribution in [-0.2, 0) is 0 Å². The van der Waals surface area contributed by atoms with Gasteiger partial charge < -0.3 is 20.6 Å². The molecule has 2 rings (SSSR count). The number of carbonyl (C=O) groups excluding carboxylic acids is 1. The van der Waals surface area contributed by atoms with Crippen LogP contribution in [0.15, 0.2) is 18.3 Å².